The topological polar surface area (TPSA) is 42.7 Å². The third kappa shape index (κ3) is 4.22. The predicted molar refractivity (Wildman–Crippen MR) is 73.8 cm³/mol. The van der Waals surface area contributed by atoms with Gasteiger partial charge in [-0.25, -0.2) is 0 Å². The number of rotatable bonds is 7. The minimum Gasteiger partial charge on any atom is -0.467 e. The minimum atomic E-state index is -0.0216. The summed E-state index contributed by atoms with van der Waals surface area (Å²) in [5.74, 6) is 0.757. The Kier molecular flexibility index (Phi) is 5.18. The zero-order valence-corrected chi connectivity index (χ0v) is 11.7. The fourth-order valence-corrected chi connectivity index (χ4v) is 2.41. The smallest absolute Gasteiger partial charge is 0.249 e. The Hall–Kier alpha value is -1.59. The van der Waals surface area contributed by atoms with Crippen LogP contribution in [0.1, 0.15) is 17.6 Å². The van der Waals surface area contributed by atoms with Crippen molar-refractivity contribution >= 4 is 17.2 Å². The molecule has 0 aliphatic carbocycles. The average Bonchev–Trinajstić information content (AvgIpc) is 3.08. The lowest BCUT2D eigenvalue weighted by atomic mass is 10.3. The van der Waals surface area contributed by atoms with Crippen LogP contribution in [0.15, 0.2) is 40.3 Å². The Bertz CT molecular complexity index is 443. The van der Waals surface area contributed by atoms with E-state index in [1.165, 1.54) is 0 Å². The van der Waals surface area contributed by atoms with Gasteiger partial charge in [-0.2, -0.15) is 0 Å². The predicted octanol–water partition coefficient (Wildman–Crippen LogP) is 2.91. The quantitative estimate of drug-likeness (QED) is 0.782. The Morgan fingerprint density at radius 3 is 2.89 bits per heavy atom. The maximum atomic E-state index is 12.1. The number of ether oxygens (including phenoxy) is 1. The van der Waals surface area contributed by atoms with Crippen LogP contribution < -0.4 is 0 Å². The second kappa shape index (κ2) is 7.11. The van der Waals surface area contributed by atoms with Crippen molar-refractivity contribution in [3.8, 4) is 0 Å². The van der Waals surface area contributed by atoms with Crippen molar-refractivity contribution < 1.29 is 13.9 Å². The molecule has 102 valence electrons. The van der Waals surface area contributed by atoms with E-state index in [0.717, 1.165) is 10.6 Å². The SMILES string of the molecule is CCOCC(=O)N(Cc1ccco1)Cc1cccs1. The number of furan rings is 1. The van der Waals surface area contributed by atoms with Crippen LogP contribution in [0.4, 0.5) is 0 Å². The molecule has 2 aromatic heterocycles. The van der Waals surface area contributed by atoms with Crippen LogP contribution in [0, 0.1) is 0 Å². The van der Waals surface area contributed by atoms with Gasteiger partial charge in [-0.1, -0.05) is 6.07 Å². The summed E-state index contributed by atoms with van der Waals surface area (Å²) in [6, 6.07) is 7.70. The van der Waals surface area contributed by atoms with Crippen LogP contribution in [0.3, 0.4) is 0 Å². The molecule has 0 aliphatic rings. The number of nitrogens with zero attached hydrogens (tertiary/aromatic N) is 1. The molecule has 0 fully saturated rings. The highest BCUT2D eigenvalue weighted by Gasteiger charge is 2.16. The molecule has 0 saturated carbocycles. The van der Waals surface area contributed by atoms with Gasteiger partial charge in [0, 0.05) is 11.5 Å². The van der Waals surface area contributed by atoms with Crippen LogP contribution >= 0.6 is 11.3 Å². The lowest BCUT2D eigenvalue weighted by Crippen LogP contribution is -2.32. The second-order valence-corrected chi connectivity index (χ2v) is 5.08. The van der Waals surface area contributed by atoms with Crippen LogP contribution in [0.25, 0.3) is 0 Å². The zero-order valence-electron chi connectivity index (χ0n) is 10.9. The number of hydrogen-bond donors (Lipinski definition) is 0. The number of carbonyl (C=O) groups is 1. The van der Waals surface area contributed by atoms with E-state index in [1.807, 2.05) is 36.6 Å². The van der Waals surface area contributed by atoms with Gasteiger partial charge in [0.1, 0.15) is 12.4 Å². The summed E-state index contributed by atoms with van der Waals surface area (Å²) in [7, 11) is 0. The van der Waals surface area contributed by atoms with E-state index >= 15 is 0 Å². The van der Waals surface area contributed by atoms with E-state index in [1.54, 1.807) is 22.5 Å². The Morgan fingerprint density at radius 1 is 1.37 bits per heavy atom. The van der Waals surface area contributed by atoms with Gasteiger partial charge in [0.25, 0.3) is 0 Å². The van der Waals surface area contributed by atoms with Gasteiger partial charge in [-0.15, -0.1) is 11.3 Å². The molecule has 0 aliphatic heterocycles. The molecule has 2 heterocycles. The van der Waals surface area contributed by atoms with Gasteiger partial charge in [-0.3, -0.25) is 4.79 Å². The number of thiophene rings is 1. The standard InChI is InChI=1S/C14H17NO3S/c1-2-17-11-14(16)15(9-12-5-3-7-18-12)10-13-6-4-8-19-13/h3-8H,2,9-11H2,1H3. The fourth-order valence-electron chi connectivity index (χ4n) is 1.69. The van der Waals surface area contributed by atoms with Gasteiger partial charge < -0.3 is 14.1 Å². The highest BCUT2D eigenvalue weighted by atomic mass is 32.1. The average molecular weight is 279 g/mol. The zero-order chi connectivity index (χ0) is 13.5. The van der Waals surface area contributed by atoms with Crippen LogP contribution in [-0.4, -0.2) is 24.0 Å². The first-order valence-corrected chi connectivity index (χ1v) is 7.08. The van der Waals surface area contributed by atoms with Crippen LogP contribution in [0.2, 0.25) is 0 Å². The molecule has 0 aromatic carbocycles. The third-order valence-electron chi connectivity index (χ3n) is 2.64. The summed E-state index contributed by atoms with van der Waals surface area (Å²) < 4.78 is 10.5. The first-order valence-electron chi connectivity index (χ1n) is 6.20. The minimum absolute atomic E-state index is 0.0216. The Balaban J connectivity index is 2.01. The van der Waals surface area contributed by atoms with Gasteiger partial charge in [0.05, 0.1) is 19.4 Å². The van der Waals surface area contributed by atoms with Crippen LogP contribution in [-0.2, 0) is 22.6 Å². The number of carbonyl (C=O) groups excluding carboxylic acids is 1. The summed E-state index contributed by atoms with van der Waals surface area (Å²) in [4.78, 5) is 15.0. The van der Waals surface area contributed by atoms with Crippen molar-refractivity contribution in [1.82, 2.24) is 4.90 Å². The molecule has 0 atom stereocenters. The molecule has 19 heavy (non-hydrogen) atoms. The molecule has 2 aromatic rings. The second-order valence-electron chi connectivity index (χ2n) is 4.05. The highest BCUT2D eigenvalue weighted by Crippen LogP contribution is 2.15. The van der Waals surface area contributed by atoms with Crippen molar-refractivity contribution in [3.63, 3.8) is 0 Å². The lowest BCUT2D eigenvalue weighted by Gasteiger charge is -2.20. The fraction of sp³-hybridized carbons (Fsp3) is 0.357. The molecule has 0 spiro atoms. The molecule has 0 N–H and O–H groups in total. The maximum absolute atomic E-state index is 12.1. The summed E-state index contributed by atoms with van der Waals surface area (Å²) in [5.41, 5.74) is 0. The highest BCUT2D eigenvalue weighted by molar-refractivity contribution is 7.09. The summed E-state index contributed by atoms with van der Waals surface area (Å²) in [6.45, 7) is 3.59. The number of amides is 1. The van der Waals surface area contributed by atoms with Gasteiger partial charge >= 0.3 is 0 Å². The molecule has 0 radical (unpaired) electrons. The monoisotopic (exact) mass is 279 g/mol. The Morgan fingerprint density at radius 2 is 2.26 bits per heavy atom. The van der Waals surface area contributed by atoms with Crippen molar-refractivity contribution in [3.05, 3.63) is 46.5 Å². The van der Waals surface area contributed by atoms with Crippen molar-refractivity contribution in [2.45, 2.75) is 20.0 Å². The summed E-state index contributed by atoms with van der Waals surface area (Å²) in [6.07, 6.45) is 1.62. The summed E-state index contributed by atoms with van der Waals surface area (Å²) in [5, 5.41) is 2.01. The Labute approximate surface area is 116 Å². The molecule has 5 heteroatoms. The third-order valence-corrected chi connectivity index (χ3v) is 3.50. The molecule has 0 unspecified atom stereocenters. The molecule has 0 bridgehead atoms. The molecule has 2 rings (SSSR count). The van der Waals surface area contributed by atoms with Crippen molar-refractivity contribution in [2.24, 2.45) is 0 Å². The maximum Gasteiger partial charge on any atom is 0.249 e. The molecular formula is C14H17NO3S. The van der Waals surface area contributed by atoms with Gasteiger partial charge in [0.2, 0.25) is 5.91 Å². The molecule has 4 nitrogen and oxygen atoms in total. The molecular weight excluding hydrogens is 262 g/mol. The van der Waals surface area contributed by atoms with E-state index in [2.05, 4.69) is 0 Å². The van der Waals surface area contributed by atoms with Gasteiger partial charge in [-0.05, 0) is 30.5 Å². The van der Waals surface area contributed by atoms with Crippen molar-refractivity contribution in [1.29, 1.82) is 0 Å². The van der Waals surface area contributed by atoms with E-state index in [-0.39, 0.29) is 12.5 Å². The van der Waals surface area contributed by atoms with Crippen molar-refractivity contribution in [2.75, 3.05) is 13.2 Å². The first-order chi connectivity index (χ1) is 9.29. The lowest BCUT2D eigenvalue weighted by molar-refractivity contribution is -0.137. The van der Waals surface area contributed by atoms with Gasteiger partial charge in [0.15, 0.2) is 0 Å². The molecule has 0 saturated heterocycles. The van der Waals surface area contributed by atoms with E-state index < -0.39 is 0 Å². The normalized spacial score (nSPS) is 10.6. The number of hydrogen-bond acceptors (Lipinski definition) is 4. The largest absolute Gasteiger partial charge is 0.467 e. The van der Waals surface area contributed by atoms with E-state index in [9.17, 15) is 4.79 Å². The van der Waals surface area contributed by atoms with E-state index in [0.29, 0.717) is 19.7 Å². The molecule has 1 amide bonds. The summed E-state index contributed by atoms with van der Waals surface area (Å²) >= 11 is 1.64. The first kappa shape index (κ1) is 13.8. The van der Waals surface area contributed by atoms with E-state index in [4.69, 9.17) is 9.15 Å². The van der Waals surface area contributed by atoms with Crippen LogP contribution in [0.5, 0.6) is 0 Å².